The van der Waals surface area contributed by atoms with E-state index in [0.29, 0.717) is 19.6 Å². The molecule has 0 amide bonds. The smallest absolute Gasteiger partial charge is 0.241 e. The molecule has 0 aromatic heterocycles. The number of aliphatic hydroxyl groups is 1. The van der Waals surface area contributed by atoms with Crippen molar-refractivity contribution in [3.05, 3.63) is 29.6 Å². The number of benzene rings is 1. The van der Waals surface area contributed by atoms with Crippen molar-refractivity contribution in [2.45, 2.75) is 23.5 Å². The molecule has 2 N–H and O–H groups in total. The minimum absolute atomic E-state index is 0.0210. The average molecular weight is 319 g/mol. The summed E-state index contributed by atoms with van der Waals surface area (Å²) in [6.45, 7) is 0.321. The largest absolute Gasteiger partial charge is 0.392 e. The van der Waals surface area contributed by atoms with E-state index in [-0.39, 0.29) is 17.0 Å². The van der Waals surface area contributed by atoms with E-state index in [2.05, 4.69) is 4.72 Å². The van der Waals surface area contributed by atoms with Crippen molar-refractivity contribution in [3.8, 4) is 0 Å². The number of rotatable bonds is 6. The van der Waals surface area contributed by atoms with Gasteiger partial charge in [-0.25, -0.2) is 17.5 Å². The molecular formula is C13H18FNO5S. The van der Waals surface area contributed by atoms with Gasteiger partial charge in [0.1, 0.15) is 11.4 Å². The summed E-state index contributed by atoms with van der Waals surface area (Å²) in [5, 5.41) is 9.19. The molecule has 1 aromatic rings. The molecule has 1 unspecified atom stereocenters. The maximum Gasteiger partial charge on any atom is 0.241 e. The van der Waals surface area contributed by atoms with E-state index >= 15 is 0 Å². The van der Waals surface area contributed by atoms with Gasteiger partial charge in [-0.3, -0.25) is 0 Å². The molecule has 1 aliphatic heterocycles. The monoisotopic (exact) mass is 319 g/mol. The molecule has 1 saturated heterocycles. The van der Waals surface area contributed by atoms with Crippen molar-refractivity contribution in [1.82, 2.24) is 4.72 Å². The van der Waals surface area contributed by atoms with E-state index < -0.39 is 28.0 Å². The van der Waals surface area contributed by atoms with Crippen LogP contribution in [-0.4, -0.2) is 46.0 Å². The normalized spacial score (nSPS) is 22.6. The lowest BCUT2D eigenvalue weighted by Gasteiger charge is -2.26. The van der Waals surface area contributed by atoms with E-state index in [1.807, 2.05) is 0 Å². The van der Waals surface area contributed by atoms with Crippen LogP contribution in [-0.2, 0) is 26.1 Å². The van der Waals surface area contributed by atoms with Crippen molar-refractivity contribution in [2.75, 3.05) is 26.9 Å². The third kappa shape index (κ3) is 3.58. The molecule has 0 spiro atoms. The van der Waals surface area contributed by atoms with Crippen molar-refractivity contribution in [1.29, 1.82) is 0 Å². The highest BCUT2D eigenvalue weighted by Crippen LogP contribution is 2.23. The van der Waals surface area contributed by atoms with Gasteiger partial charge in [-0.1, -0.05) is 6.07 Å². The van der Waals surface area contributed by atoms with E-state index in [1.54, 1.807) is 0 Å². The Morgan fingerprint density at radius 3 is 2.86 bits per heavy atom. The topological polar surface area (TPSA) is 84.9 Å². The highest BCUT2D eigenvalue weighted by Gasteiger charge is 2.36. The molecule has 0 saturated carbocycles. The van der Waals surface area contributed by atoms with Crippen LogP contribution < -0.4 is 4.72 Å². The van der Waals surface area contributed by atoms with Gasteiger partial charge in [0.05, 0.1) is 18.1 Å². The van der Waals surface area contributed by atoms with Crippen molar-refractivity contribution >= 4 is 10.0 Å². The van der Waals surface area contributed by atoms with Gasteiger partial charge in [0, 0.05) is 26.7 Å². The zero-order valence-corrected chi connectivity index (χ0v) is 12.5. The van der Waals surface area contributed by atoms with Crippen LogP contribution in [0.1, 0.15) is 12.0 Å². The van der Waals surface area contributed by atoms with E-state index in [0.717, 1.165) is 12.1 Å². The quantitative estimate of drug-likeness (QED) is 0.793. The number of halogens is 1. The van der Waals surface area contributed by atoms with Gasteiger partial charge in [-0.05, 0) is 17.7 Å². The standard InChI is InChI=1S/C13H18FNO5S/c1-19-13(4-5-20-9-13)8-15-21(17,18)12-6-11(14)3-2-10(12)7-16/h2-3,6,15-16H,4-5,7-9H2,1H3. The fourth-order valence-electron chi connectivity index (χ4n) is 2.17. The summed E-state index contributed by atoms with van der Waals surface area (Å²) in [5.41, 5.74) is -0.571. The molecule has 2 rings (SSSR count). The first kappa shape index (κ1) is 16.3. The first-order valence-corrected chi connectivity index (χ1v) is 7.93. The van der Waals surface area contributed by atoms with Crippen molar-refractivity contribution in [2.24, 2.45) is 0 Å². The molecule has 1 atom stereocenters. The van der Waals surface area contributed by atoms with Gasteiger partial charge >= 0.3 is 0 Å². The summed E-state index contributed by atoms with van der Waals surface area (Å²) in [6.07, 6.45) is 0.571. The fourth-order valence-corrected chi connectivity index (χ4v) is 3.53. The van der Waals surface area contributed by atoms with Gasteiger partial charge in [0.15, 0.2) is 0 Å². The van der Waals surface area contributed by atoms with E-state index in [9.17, 15) is 17.9 Å². The molecule has 118 valence electrons. The Kier molecular flexibility index (Phi) is 4.95. The molecule has 21 heavy (non-hydrogen) atoms. The van der Waals surface area contributed by atoms with E-state index in [1.165, 1.54) is 13.2 Å². The van der Waals surface area contributed by atoms with Crippen molar-refractivity contribution in [3.63, 3.8) is 0 Å². The van der Waals surface area contributed by atoms with Crippen molar-refractivity contribution < 1.29 is 27.4 Å². The zero-order chi connectivity index (χ0) is 15.5. The lowest BCUT2D eigenvalue weighted by atomic mass is 10.0. The Hall–Kier alpha value is -1.06. The Morgan fingerprint density at radius 1 is 1.52 bits per heavy atom. The predicted molar refractivity (Wildman–Crippen MR) is 72.7 cm³/mol. The average Bonchev–Trinajstić information content (AvgIpc) is 2.95. The van der Waals surface area contributed by atoms with Crippen LogP contribution in [0.5, 0.6) is 0 Å². The number of methoxy groups -OCH3 is 1. The van der Waals surface area contributed by atoms with Gasteiger partial charge < -0.3 is 14.6 Å². The first-order chi connectivity index (χ1) is 9.92. The highest BCUT2D eigenvalue weighted by molar-refractivity contribution is 7.89. The molecule has 1 heterocycles. The number of nitrogens with one attached hydrogen (secondary N) is 1. The Bertz CT molecular complexity index is 599. The highest BCUT2D eigenvalue weighted by atomic mass is 32.2. The van der Waals surface area contributed by atoms with Crippen LogP contribution in [0.4, 0.5) is 4.39 Å². The molecule has 0 radical (unpaired) electrons. The minimum atomic E-state index is -3.95. The molecule has 6 nitrogen and oxygen atoms in total. The number of hydrogen-bond acceptors (Lipinski definition) is 5. The van der Waals surface area contributed by atoms with Crippen LogP contribution in [0.2, 0.25) is 0 Å². The fraction of sp³-hybridized carbons (Fsp3) is 0.538. The van der Waals surface area contributed by atoms with Gasteiger partial charge in [-0.2, -0.15) is 0 Å². The van der Waals surface area contributed by atoms with Gasteiger partial charge in [-0.15, -0.1) is 0 Å². The van der Waals surface area contributed by atoms with Gasteiger partial charge in [0.25, 0.3) is 0 Å². The minimum Gasteiger partial charge on any atom is -0.392 e. The Balaban J connectivity index is 2.20. The summed E-state index contributed by atoms with van der Waals surface area (Å²) < 4.78 is 50.8. The third-order valence-electron chi connectivity index (χ3n) is 3.57. The Labute approximate surface area is 122 Å². The zero-order valence-electron chi connectivity index (χ0n) is 11.6. The molecule has 0 bridgehead atoms. The first-order valence-electron chi connectivity index (χ1n) is 6.44. The molecule has 1 aromatic carbocycles. The van der Waals surface area contributed by atoms with Crippen LogP contribution in [0.3, 0.4) is 0 Å². The summed E-state index contributed by atoms with van der Waals surface area (Å²) in [7, 11) is -2.46. The number of hydrogen-bond donors (Lipinski definition) is 2. The maximum atomic E-state index is 13.3. The second-order valence-corrected chi connectivity index (χ2v) is 6.66. The van der Waals surface area contributed by atoms with Crippen LogP contribution in [0, 0.1) is 5.82 Å². The number of ether oxygens (including phenoxy) is 2. The molecule has 8 heteroatoms. The second kappa shape index (κ2) is 6.37. The second-order valence-electron chi connectivity index (χ2n) is 4.92. The lowest BCUT2D eigenvalue weighted by Crippen LogP contribution is -2.45. The summed E-state index contributed by atoms with van der Waals surface area (Å²) in [6, 6.07) is 3.24. The van der Waals surface area contributed by atoms with Crippen LogP contribution in [0.15, 0.2) is 23.1 Å². The van der Waals surface area contributed by atoms with Crippen LogP contribution >= 0.6 is 0 Å². The predicted octanol–water partition coefficient (Wildman–Crippen LogP) is 0.402. The lowest BCUT2D eigenvalue weighted by molar-refractivity contribution is -0.0120. The summed E-state index contributed by atoms with van der Waals surface area (Å²) in [5.74, 6) is -0.682. The van der Waals surface area contributed by atoms with E-state index in [4.69, 9.17) is 9.47 Å². The van der Waals surface area contributed by atoms with Gasteiger partial charge in [0.2, 0.25) is 10.0 Å². The number of sulfonamides is 1. The molecular weight excluding hydrogens is 301 g/mol. The SMILES string of the molecule is COC1(CNS(=O)(=O)c2cc(F)ccc2CO)CCOC1. The maximum absolute atomic E-state index is 13.3. The Morgan fingerprint density at radius 2 is 2.29 bits per heavy atom. The summed E-state index contributed by atoms with van der Waals surface area (Å²) in [4.78, 5) is -0.268. The molecule has 0 aliphatic carbocycles. The molecule has 1 aliphatic rings. The molecule has 1 fully saturated rings. The third-order valence-corrected chi connectivity index (χ3v) is 5.06. The van der Waals surface area contributed by atoms with Crippen LogP contribution in [0.25, 0.3) is 0 Å². The number of aliphatic hydroxyl groups excluding tert-OH is 1. The summed E-state index contributed by atoms with van der Waals surface area (Å²) >= 11 is 0.